The lowest BCUT2D eigenvalue weighted by Crippen LogP contribution is -2.15. The van der Waals surface area contributed by atoms with Crippen LogP contribution in [0.1, 0.15) is 38.2 Å². The molecule has 0 fully saturated rings. The average molecular weight is 425 g/mol. The Morgan fingerprint density at radius 1 is 1.35 bits per heavy atom. The topological polar surface area (TPSA) is 69.9 Å². The lowest BCUT2D eigenvalue weighted by Gasteiger charge is -2.18. The van der Waals surface area contributed by atoms with E-state index in [1.165, 1.54) is 0 Å². The predicted molar refractivity (Wildman–Crippen MR) is 110 cm³/mol. The lowest BCUT2D eigenvalue weighted by atomic mass is 9.94. The van der Waals surface area contributed by atoms with Crippen LogP contribution in [0.5, 0.6) is 5.75 Å². The highest BCUT2D eigenvalue weighted by atomic mass is 79.9. The van der Waals surface area contributed by atoms with Crippen LogP contribution in [0.4, 0.5) is 0 Å². The van der Waals surface area contributed by atoms with Gasteiger partial charge in [0.1, 0.15) is 5.75 Å². The Morgan fingerprint density at radius 2 is 2.08 bits per heavy atom. The summed E-state index contributed by atoms with van der Waals surface area (Å²) in [5.41, 5.74) is 3.20. The number of aliphatic hydroxyl groups excluding tert-OH is 2. The molecule has 0 saturated carbocycles. The number of benzene rings is 1. The minimum Gasteiger partial charge on any atom is -0.507 e. The van der Waals surface area contributed by atoms with Gasteiger partial charge in [-0.3, -0.25) is 0 Å². The third-order valence-electron chi connectivity index (χ3n) is 4.06. The van der Waals surface area contributed by atoms with Crippen molar-refractivity contribution < 1.29 is 20.1 Å². The van der Waals surface area contributed by atoms with Crippen molar-refractivity contribution in [1.29, 1.82) is 0 Å². The molecular formula is C21H29BrO4. The number of rotatable bonds is 11. The molecule has 0 aliphatic rings. The second-order valence-electron chi connectivity index (χ2n) is 6.19. The summed E-state index contributed by atoms with van der Waals surface area (Å²) in [6, 6.07) is 5.33. The van der Waals surface area contributed by atoms with Crippen molar-refractivity contribution in [2.45, 2.75) is 38.7 Å². The van der Waals surface area contributed by atoms with Crippen molar-refractivity contribution >= 4 is 22.0 Å². The Kier molecular flexibility index (Phi) is 10.5. The Balaban J connectivity index is 2.90. The third-order valence-corrected chi connectivity index (χ3v) is 4.55. The van der Waals surface area contributed by atoms with Gasteiger partial charge in [-0.15, -0.1) is 0 Å². The summed E-state index contributed by atoms with van der Waals surface area (Å²) < 4.78 is 5.98. The molecule has 3 N–H and O–H groups in total. The summed E-state index contributed by atoms with van der Waals surface area (Å²) in [4.78, 5) is 0. The van der Waals surface area contributed by atoms with Gasteiger partial charge >= 0.3 is 0 Å². The normalized spacial score (nSPS) is 13.7. The van der Waals surface area contributed by atoms with Crippen molar-refractivity contribution in [2.24, 2.45) is 0 Å². The lowest BCUT2D eigenvalue weighted by molar-refractivity contribution is 0.189. The molecular weight excluding hydrogens is 396 g/mol. The van der Waals surface area contributed by atoms with E-state index in [0.29, 0.717) is 30.6 Å². The maximum Gasteiger partial charge on any atom is 0.122 e. The van der Waals surface area contributed by atoms with Gasteiger partial charge in [-0.1, -0.05) is 53.6 Å². The van der Waals surface area contributed by atoms with Gasteiger partial charge in [0, 0.05) is 17.1 Å². The van der Waals surface area contributed by atoms with Gasteiger partial charge < -0.3 is 20.1 Å². The third kappa shape index (κ3) is 7.46. The zero-order valence-electron chi connectivity index (χ0n) is 15.5. The first-order valence-electron chi connectivity index (χ1n) is 8.76. The fourth-order valence-corrected chi connectivity index (χ4v) is 3.18. The second kappa shape index (κ2) is 12.1. The van der Waals surface area contributed by atoms with Crippen molar-refractivity contribution in [1.82, 2.24) is 0 Å². The van der Waals surface area contributed by atoms with Gasteiger partial charge in [0.15, 0.2) is 0 Å². The summed E-state index contributed by atoms with van der Waals surface area (Å²) in [5.74, 6) is 0.233. The fraction of sp³-hybridized carbons (Fsp3) is 0.429. The van der Waals surface area contributed by atoms with E-state index < -0.39 is 6.10 Å². The number of hydrogen-bond acceptors (Lipinski definition) is 4. The van der Waals surface area contributed by atoms with Gasteiger partial charge in [-0.05, 0) is 48.6 Å². The number of allylic oxidation sites excluding steroid dienone is 1. The number of ether oxygens (including phenoxy) is 1. The summed E-state index contributed by atoms with van der Waals surface area (Å²) >= 11 is 3.42. The van der Waals surface area contributed by atoms with Crippen LogP contribution in [0.25, 0.3) is 6.08 Å². The first-order valence-corrected chi connectivity index (χ1v) is 9.56. The van der Waals surface area contributed by atoms with Gasteiger partial charge in [-0.2, -0.15) is 0 Å². The highest BCUT2D eigenvalue weighted by Gasteiger charge is 2.15. The molecule has 0 aliphatic carbocycles. The highest BCUT2D eigenvalue weighted by Crippen LogP contribution is 2.27. The first kappa shape index (κ1) is 22.6. The van der Waals surface area contributed by atoms with Crippen molar-refractivity contribution in [3.63, 3.8) is 0 Å². The molecule has 0 heterocycles. The molecule has 1 unspecified atom stereocenters. The second-order valence-corrected chi connectivity index (χ2v) is 7.10. The number of methoxy groups -OCH3 is 1. The van der Waals surface area contributed by atoms with E-state index >= 15 is 0 Å². The average Bonchev–Trinajstić information content (AvgIpc) is 2.60. The zero-order chi connectivity index (χ0) is 19.5. The number of halogens is 1. The molecule has 5 heteroatoms. The molecule has 0 radical (unpaired) electrons. The molecule has 1 aromatic carbocycles. The smallest absolute Gasteiger partial charge is 0.122 e. The van der Waals surface area contributed by atoms with Gasteiger partial charge in [0.2, 0.25) is 0 Å². The SMILES string of the molecule is C=C(COC)/C(=C/CO)C(O)CC/C(=C/c1cc(Br)ccc1O)CCC. The minimum atomic E-state index is -0.721. The van der Waals surface area contributed by atoms with E-state index in [1.807, 2.05) is 12.1 Å². The summed E-state index contributed by atoms with van der Waals surface area (Å²) in [6.07, 6.45) is 5.90. The summed E-state index contributed by atoms with van der Waals surface area (Å²) in [5, 5.41) is 29.8. The highest BCUT2D eigenvalue weighted by molar-refractivity contribution is 9.10. The van der Waals surface area contributed by atoms with Crippen LogP contribution in [0.3, 0.4) is 0 Å². The van der Waals surface area contributed by atoms with Gasteiger partial charge in [-0.25, -0.2) is 0 Å². The molecule has 0 saturated heterocycles. The molecule has 0 bridgehead atoms. The Hall–Kier alpha value is -1.40. The van der Waals surface area contributed by atoms with E-state index in [9.17, 15) is 15.3 Å². The van der Waals surface area contributed by atoms with Crippen LogP contribution < -0.4 is 0 Å². The minimum absolute atomic E-state index is 0.154. The van der Waals surface area contributed by atoms with Crippen LogP contribution in [-0.2, 0) is 4.74 Å². The molecule has 0 aromatic heterocycles. The van der Waals surface area contributed by atoms with Crippen LogP contribution >= 0.6 is 15.9 Å². The summed E-state index contributed by atoms with van der Waals surface area (Å²) in [6.45, 7) is 6.18. The van der Waals surface area contributed by atoms with Crippen LogP contribution in [0.15, 0.2) is 52.0 Å². The number of aliphatic hydroxyl groups is 2. The maximum atomic E-state index is 10.5. The van der Waals surface area contributed by atoms with E-state index in [0.717, 1.165) is 28.5 Å². The van der Waals surface area contributed by atoms with E-state index in [1.54, 1.807) is 25.3 Å². The number of phenols is 1. The van der Waals surface area contributed by atoms with E-state index in [4.69, 9.17) is 4.74 Å². The maximum absolute atomic E-state index is 10.5. The molecule has 0 aliphatic heterocycles. The molecule has 0 amide bonds. The van der Waals surface area contributed by atoms with Crippen LogP contribution in [-0.4, -0.2) is 41.7 Å². The molecule has 0 spiro atoms. The van der Waals surface area contributed by atoms with Crippen LogP contribution in [0, 0.1) is 0 Å². The molecule has 4 nitrogen and oxygen atoms in total. The summed E-state index contributed by atoms with van der Waals surface area (Å²) in [7, 11) is 1.57. The number of hydrogen-bond donors (Lipinski definition) is 3. The van der Waals surface area contributed by atoms with Crippen molar-refractivity contribution in [2.75, 3.05) is 20.3 Å². The monoisotopic (exact) mass is 424 g/mol. The predicted octanol–water partition coefficient (Wildman–Crippen LogP) is 4.60. The molecule has 1 aromatic rings. The van der Waals surface area contributed by atoms with Crippen molar-refractivity contribution in [3.05, 3.63) is 57.6 Å². The van der Waals surface area contributed by atoms with E-state index in [-0.39, 0.29) is 12.4 Å². The molecule has 26 heavy (non-hydrogen) atoms. The Morgan fingerprint density at radius 3 is 2.69 bits per heavy atom. The molecule has 1 atom stereocenters. The zero-order valence-corrected chi connectivity index (χ0v) is 17.1. The largest absolute Gasteiger partial charge is 0.507 e. The fourth-order valence-electron chi connectivity index (χ4n) is 2.80. The number of aromatic hydroxyl groups is 1. The Bertz CT molecular complexity index is 649. The molecule has 144 valence electrons. The Labute approximate surface area is 164 Å². The van der Waals surface area contributed by atoms with Crippen LogP contribution in [0.2, 0.25) is 0 Å². The van der Waals surface area contributed by atoms with Gasteiger partial charge in [0.05, 0.1) is 19.3 Å². The molecule has 1 rings (SSSR count). The quantitative estimate of drug-likeness (QED) is 0.453. The van der Waals surface area contributed by atoms with Crippen molar-refractivity contribution in [3.8, 4) is 5.75 Å². The van der Waals surface area contributed by atoms with E-state index in [2.05, 4.69) is 29.4 Å². The van der Waals surface area contributed by atoms with Gasteiger partial charge in [0.25, 0.3) is 0 Å². The number of phenolic OH excluding ortho intramolecular Hbond substituents is 1. The first-order chi connectivity index (χ1) is 12.4. The standard InChI is InChI=1S/C21H29BrO4/c1-4-5-16(12-17-13-18(22)7-9-20(17)24)6-8-21(25)19(10-11-23)15(2)14-26-3/h7,9-10,12-13,21,23-25H,2,4-6,8,11,14H2,1,3H3/b16-12+,19-10-.